The van der Waals surface area contributed by atoms with Crippen molar-refractivity contribution >= 4 is 5.69 Å². The molecule has 16 heavy (non-hydrogen) atoms. The first-order valence-corrected chi connectivity index (χ1v) is 5.01. The van der Waals surface area contributed by atoms with E-state index in [1.165, 1.54) is 0 Å². The van der Waals surface area contributed by atoms with Crippen molar-refractivity contribution in [2.75, 3.05) is 5.73 Å². The molecule has 0 aliphatic rings. The van der Waals surface area contributed by atoms with Gasteiger partial charge in [-0.2, -0.15) is 10.6 Å². The molecule has 0 aliphatic heterocycles. The molecule has 1 heterocycles. The quantitative estimate of drug-likeness (QED) is 0.339. The van der Waals surface area contributed by atoms with Crippen LogP contribution in [0.25, 0.3) is 0 Å². The lowest BCUT2D eigenvalue weighted by Gasteiger charge is -2.10. The standard InChI is InChI=1S/C11H16N4O/c1-4-10(9(3)16-14-5-2)7-15-8-11(12)6-13-15/h2,6,8,14H,4,7,12H2,1,3H3/b10-9+. The third-order valence-corrected chi connectivity index (χ3v) is 2.19. The molecule has 0 atom stereocenters. The summed E-state index contributed by atoms with van der Waals surface area (Å²) in [6.45, 7) is 4.55. The Labute approximate surface area is 95.2 Å². The predicted molar refractivity (Wildman–Crippen MR) is 62.7 cm³/mol. The molecule has 0 fully saturated rings. The Morgan fingerprint density at radius 1 is 1.75 bits per heavy atom. The molecule has 5 heteroatoms. The van der Waals surface area contributed by atoms with Crippen molar-refractivity contribution in [1.29, 1.82) is 0 Å². The molecule has 0 bridgehead atoms. The summed E-state index contributed by atoms with van der Waals surface area (Å²) in [5.41, 5.74) is 9.70. The van der Waals surface area contributed by atoms with Gasteiger partial charge in [0.2, 0.25) is 0 Å². The topological polar surface area (TPSA) is 65.1 Å². The lowest BCUT2D eigenvalue weighted by molar-refractivity contribution is 0.147. The van der Waals surface area contributed by atoms with Gasteiger partial charge in [0.1, 0.15) is 5.76 Å². The molecule has 0 saturated carbocycles. The van der Waals surface area contributed by atoms with E-state index >= 15 is 0 Å². The minimum absolute atomic E-state index is 0.645. The van der Waals surface area contributed by atoms with Gasteiger partial charge in [0.15, 0.2) is 0 Å². The van der Waals surface area contributed by atoms with Crippen LogP contribution in [0, 0.1) is 12.5 Å². The van der Waals surface area contributed by atoms with Crippen LogP contribution in [0.5, 0.6) is 0 Å². The minimum Gasteiger partial charge on any atom is -0.396 e. The second-order valence-corrected chi connectivity index (χ2v) is 3.33. The SMILES string of the molecule is C#CNO/C(C)=C(\CC)Cn1cc(N)cn1. The highest BCUT2D eigenvalue weighted by molar-refractivity contribution is 5.30. The molecule has 3 N–H and O–H groups in total. The molecule has 1 aromatic rings. The maximum absolute atomic E-state index is 5.58. The van der Waals surface area contributed by atoms with Gasteiger partial charge in [-0.3, -0.25) is 4.68 Å². The fourth-order valence-corrected chi connectivity index (χ4v) is 1.31. The summed E-state index contributed by atoms with van der Waals surface area (Å²) < 4.78 is 1.76. The zero-order valence-electron chi connectivity index (χ0n) is 9.53. The predicted octanol–water partition coefficient (Wildman–Crippen LogP) is 1.26. The summed E-state index contributed by atoms with van der Waals surface area (Å²) in [5.74, 6) is 0.759. The molecule has 86 valence electrons. The summed E-state index contributed by atoms with van der Waals surface area (Å²) in [4.78, 5) is 5.14. The highest BCUT2D eigenvalue weighted by Gasteiger charge is 2.04. The average molecular weight is 220 g/mol. The van der Waals surface area contributed by atoms with E-state index in [1.54, 1.807) is 17.1 Å². The van der Waals surface area contributed by atoms with Gasteiger partial charge in [0.05, 0.1) is 18.4 Å². The monoisotopic (exact) mass is 220 g/mol. The van der Waals surface area contributed by atoms with Crippen molar-refractivity contribution in [3.8, 4) is 12.5 Å². The van der Waals surface area contributed by atoms with Crippen LogP contribution in [0.2, 0.25) is 0 Å². The Kier molecular flexibility index (Phi) is 4.28. The fraction of sp³-hybridized carbons (Fsp3) is 0.364. The average Bonchev–Trinajstić information content (AvgIpc) is 2.68. The van der Waals surface area contributed by atoms with Gasteiger partial charge in [0.25, 0.3) is 0 Å². The maximum atomic E-state index is 5.58. The minimum atomic E-state index is 0.645. The number of terminal acetylenes is 1. The number of hydrogen-bond acceptors (Lipinski definition) is 4. The van der Waals surface area contributed by atoms with Gasteiger partial charge in [-0.15, -0.1) is 0 Å². The van der Waals surface area contributed by atoms with Gasteiger partial charge < -0.3 is 10.6 Å². The van der Waals surface area contributed by atoms with E-state index in [4.69, 9.17) is 17.0 Å². The van der Waals surface area contributed by atoms with Gasteiger partial charge in [-0.25, -0.2) is 0 Å². The molecule has 0 saturated heterocycles. The number of anilines is 1. The van der Waals surface area contributed by atoms with Crippen molar-refractivity contribution < 1.29 is 4.84 Å². The number of aromatic nitrogens is 2. The molecular formula is C11H16N4O. The van der Waals surface area contributed by atoms with Gasteiger partial charge in [0, 0.05) is 12.2 Å². The number of nitrogens with zero attached hydrogens (tertiary/aromatic N) is 2. The van der Waals surface area contributed by atoms with E-state index in [2.05, 4.69) is 16.6 Å². The number of hydroxylamine groups is 1. The first-order valence-electron chi connectivity index (χ1n) is 5.01. The number of nitrogens with two attached hydrogens (primary N) is 1. The highest BCUT2D eigenvalue weighted by atomic mass is 16.6. The number of rotatable bonds is 5. The van der Waals surface area contributed by atoms with Crippen LogP contribution in [-0.2, 0) is 11.4 Å². The third-order valence-electron chi connectivity index (χ3n) is 2.19. The zero-order valence-corrected chi connectivity index (χ0v) is 9.53. The molecule has 0 aromatic carbocycles. The third kappa shape index (κ3) is 3.24. The number of allylic oxidation sites excluding steroid dienone is 2. The summed E-state index contributed by atoms with van der Waals surface area (Å²) in [5, 5.41) is 4.11. The van der Waals surface area contributed by atoms with Crippen molar-refractivity contribution in [2.45, 2.75) is 26.8 Å². The largest absolute Gasteiger partial charge is 0.396 e. The number of nitrogen functional groups attached to an aromatic ring is 1. The number of hydrogen-bond donors (Lipinski definition) is 2. The van der Waals surface area contributed by atoms with E-state index < -0.39 is 0 Å². The van der Waals surface area contributed by atoms with Gasteiger partial charge in [-0.1, -0.05) is 13.3 Å². The van der Waals surface area contributed by atoms with Crippen LogP contribution in [0.1, 0.15) is 20.3 Å². The zero-order chi connectivity index (χ0) is 12.0. The summed E-state index contributed by atoms with van der Waals surface area (Å²) >= 11 is 0. The van der Waals surface area contributed by atoms with Crippen LogP contribution < -0.4 is 11.2 Å². The molecule has 1 rings (SSSR count). The van der Waals surface area contributed by atoms with Gasteiger partial charge in [-0.05, 0) is 18.9 Å². The first kappa shape index (κ1) is 12.0. The highest BCUT2D eigenvalue weighted by Crippen LogP contribution is 2.12. The maximum Gasteiger partial charge on any atom is 0.130 e. The van der Waals surface area contributed by atoms with E-state index in [1.807, 2.05) is 13.8 Å². The fourth-order valence-electron chi connectivity index (χ4n) is 1.31. The van der Waals surface area contributed by atoms with Crippen molar-refractivity contribution in [3.63, 3.8) is 0 Å². The lowest BCUT2D eigenvalue weighted by Crippen LogP contribution is -2.10. The Morgan fingerprint density at radius 3 is 3.00 bits per heavy atom. The Hall–Kier alpha value is -2.09. The molecule has 0 spiro atoms. The van der Waals surface area contributed by atoms with E-state index in [9.17, 15) is 0 Å². The first-order chi connectivity index (χ1) is 7.67. The Morgan fingerprint density at radius 2 is 2.50 bits per heavy atom. The molecule has 5 nitrogen and oxygen atoms in total. The molecule has 0 amide bonds. The smallest absolute Gasteiger partial charge is 0.130 e. The van der Waals surface area contributed by atoms with Crippen LogP contribution in [0.3, 0.4) is 0 Å². The second kappa shape index (κ2) is 5.71. The molecule has 0 aliphatic carbocycles. The van der Waals surface area contributed by atoms with Crippen LogP contribution >= 0.6 is 0 Å². The summed E-state index contributed by atoms with van der Waals surface area (Å²) in [6.07, 6.45) is 9.28. The van der Waals surface area contributed by atoms with E-state index in [0.717, 1.165) is 17.8 Å². The van der Waals surface area contributed by atoms with Crippen molar-refractivity contribution in [2.24, 2.45) is 0 Å². The Balaban J connectivity index is 2.71. The van der Waals surface area contributed by atoms with Crippen molar-refractivity contribution in [3.05, 3.63) is 23.7 Å². The molecule has 1 aromatic heterocycles. The van der Waals surface area contributed by atoms with Crippen LogP contribution in [0.4, 0.5) is 5.69 Å². The number of nitrogens with one attached hydrogen (secondary N) is 1. The lowest BCUT2D eigenvalue weighted by atomic mass is 10.2. The van der Waals surface area contributed by atoms with Crippen molar-refractivity contribution in [1.82, 2.24) is 15.3 Å². The molecule has 0 radical (unpaired) electrons. The summed E-state index contributed by atoms with van der Waals surface area (Å²) in [7, 11) is 0. The van der Waals surface area contributed by atoms with Crippen LogP contribution in [0.15, 0.2) is 23.7 Å². The second-order valence-electron chi connectivity index (χ2n) is 3.33. The normalized spacial score (nSPS) is 11.6. The Bertz CT molecular complexity index is 414. The van der Waals surface area contributed by atoms with Crippen LogP contribution in [-0.4, -0.2) is 9.78 Å². The molecular weight excluding hydrogens is 204 g/mol. The van der Waals surface area contributed by atoms with E-state index in [0.29, 0.717) is 12.2 Å². The van der Waals surface area contributed by atoms with E-state index in [-0.39, 0.29) is 0 Å². The van der Waals surface area contributed by atoms with Gasteiger partial charge >= 0.3 is 0 Å². The molecule has 0 unspecified atom stereocenters. The summed E-state index contributed by atoms with van der Waals surface area (Å²) in [6, 6.07) is 2.20.